The van der Waals surface area contributed by atoms with Crippen LogP contribution in [0.15, 0.2) is 24.3 Å². The second-order valence-electron chi connectivity index (χ2n) is 2.95. The van der Waals surface area contributed by atoms with E-state index in [0.29, 0.717) is 17.4 Å². The molecule has 1 aromatic rings. The van der Waals surface area contributed by atoms with E-state index < -0.39 is 12.2 Å². The van der Waals surface area contributed by atoms with Gasteiger partial charge >= 0.3 is 0 Å². The molecule has 0 radical (unpaired) electrons. The van der Waals surface area contributed by atoms with E-state index in [1.165, 1.54) is 0 Å². The second kappa shape index (κ2) is 5.10. The molecule has 1 aromatic carbocycles. The molecule has 0 saturated carbocycles. The third-order valence-electron chi connectivity index (χ3n) is 1.94. The van der Waals surface area contributed by atoms with Crippen LogP contribution in [0.5, 0.6) is 0 Å². The molecule has 0 fully saturated rings. The van der Waals surface area contributed by atoms with Gasteiger partial charge in [-0.1, -0.05) is 24.3 Å². The van der Waals surface area contributed by atoms with Gasteiger partial charge in [-0.25, -0.2) is 0 Å². The Morgan fingerprint density at radius 2 is 1.86 bits per heavy atom. The summed E-state index contributed by atoms with van der Waals surface area (Å²) in [5.41, 5.74) is 1.07. The normalized spacial score (nSPS) is 14.8. The van der Waals surface area contributed by atoms with Crippen molar-refractivity contribution in [3.05, 3.63) is 35.4 Å². The molecule has 0 aliphatic heterocycles. The van der Waals surface area contributed by atoms with Crippen molar-refractivity contribution in [2.75, 3.05) is 5.88 Å². The molecule has 0 spiro atoms. The monoisotopic (exact) mass is 214 g/mol. The van der Waals surface area contributed by atoms with Gasteiger partial charge in [-0.3, -0.25) is 4.79 Å². The lowest BCUT2D eigenvalue weighted by atomic mass is 10.0. The number of benzene rings is 1. The number of alkyl halides is 1. The Hall–Kier alpha value is -0.900. The minimum Gasteiger partial charge on any atom is -0.389 e. The van der Waals surface area contributed by atoms with Crippen LogP contribution in [-0.4, -0.2) is 28.5 Å². The minimum absolute atomic E-state index is 0.0312. The zero-order chi connectivity index (χ0) is 10.6. The average molecular weight is 215 g/mol. The van der Waals surface area contributed by atoms with E-state index in [-0.39, 0.29) is 5.88 Å². The van der Waals surface area contributed by atoms with E-state index in [1.807, 2.05) is 0 Å². The first kappa shape index (κ1) is 11.2. The molecule has 1 rings (SSSR count). The number of carbonyl (C=O) groups excluding carboxylic acids is 1. The maximum atomic E-state index is 10.3. The topological polar surface area (TPSA) is 57.5 Å². The number of hydrogen-bond acceptors (Lipinski definition) is 3. The van der Waals surface area contributed by atoms with Crippen molar-refractivity contribution in [2.45, 2.75) is 12.2 Å². The fourth-order valence-electron chi connectivity index (χ4n) is 1.08. The van der Waals surface area contributed by atoms with E-state index in [0.717, 1.165) is 0 Å². The smallest absolute Gasteiger partial charge is 0.150 e. The number of aliphatic hydroxyl groups excluding tert-OH is 2. The van der Waals surface area contributed by atoms with Gasteiger partial charge in [-0.2, -0.15) is 0 Å². The van der Waals surface area contributed by atoms with Crippen LogP contribution < -0.4 is 0 Å². The molecule has 3 nitrogen and oxygen atoms in total. The van der Waals surface area contributed by atoms with Gasteiger partial charge in [-0.05, 0) is 5.56 Å². The SMILES string of the molecule is O=Cc1ccc(C(O)C(O)CCl)cc1. The molecule has 0 bridgehead atoms. The largest absolute Gasteiger partial charge is 0.389 e. The number of carbonyl (C=O) groups is 1. The van der Waals surface area contributed by atoms with Crippen LogP contribution in [0.3, 0.4) is 0 Å². The zero-order valence-corrected chi connectivity index (χ0v) is 8.19. The average Bonchev–Trinajstić information content (AvgIpc) is 2.27. The van der Waals surface area contributed by atoms with Gasteiger partial charge in [-0.15, -0.1) is 11.6 Å². The van der Waals surface area contributed by atoms with E-state index in [4.69, 9.17) is 11.6 Å². The highest BCUT2D eigenvalue weighted by Crippen LogP contribution is 2.17. The van der Waals surface area contributed by atoms with Crippen molar-refractivity contribution in [1.82, 2.24) is 0 Å². The summed E-state index contributed by atoms with van der Waals surface area (Å²) in [4.78, 5) is 10.3. The summed E-state index contributed by atoms with van der Waals surface area (Å²) in [5, 5.41) is 18.8. The molecule has 14 heavy (non-hydrogen) atoms. The quantitative estimate of drug-likeness (QED) is 0.584. The van der Waals surface area contributed by atoms with E-state index >= 15 is 0 Å². The Balaban J connectivity index is 2.80. The lowest BCUT2D eigenvalue weighted by Crippen LogP contribution is -2.19. The van der Waals surface area contributed by atoms with Gasteiger partial charge in [0.1, 0.15) is 12.4 Å². The van der Waals surface area contributed by atoms with Crippen LogP contribution in [0.4, 0.5) is 0 Å². The summed E-state index contributed by atoms with van der Waals surface area (Å²) in [7, 11) is 0. The maximum Gasteiger partial charge on any atom is 0.150 e. The van der Waals surface area contributed by atoms with Gasteiger partial charge in [0.2, 0.25) is 0 Å². The molecule has 2 N–H and O–H groups in total. The van der Waals surface area contributed by atoms with Crippen molar-refractivity contribution in [2.24, 2.45) is 0 Å². The number of hydrogen-bond donors (Lipinski definition) is 2. The fourth-order valence-corrected chi connectivity index (χ4v) is 1.25. The van der Waals surface area contributed by atoms with Crippen molar-refractivity contribution in [3.63, 3.8) is 0 Å². The second-order valence-corrected chi connectivity index (χ2v) is 3.26. The zero-order valence-electron chi connectivity index (χ0n) is 7.43. The predicted molar refractivity (Wildman–Crippen MR) is 53.5 cm³/mol. The molecule has 0 aliphatic carbocycles. The predicted octanol–water partition coefficient (Wildman–Crippen LogP) is 1.13. The Morgan fingerprint density at radius 3 is 2.29 bits per heavy atom. The summed E-state index contributed by atoms with van der Waals surface area (Å²) in [5.74, 6) is -0.0312. The van der Waals surface area contributed by atoms with Crippen LogP contribution in [0.1, 0.15) is 22.0 Å². The highest BCUT2D eigenvalue weighted by molar-refractivity contribution is 6.18. The number of halogens is 1. The van der Waals surface area contributed by atoms with E-state index in [9.17, 15) is 15.0 Å². The van der Waals surface area contributed by atoms with Crippen molar-refractivity contribution in [3.8, 4) is 0 Å². The van der Waals surface area contributed by atoms with Crippen LogP contribution in [0.25, 0.3) is 0 Å². The summed E-state index contributed by atoms with van der Waals surface area (Å²) >= 11 is 5.39. The van der Waals surface area contributed by atoms with Gasteiger partial charge < -0.3 is 10.2 Å². The molecular formula is C10H11ClO3. The van der Waals surface area contributed by atoms with Crippen LogP contribution >= 0.6 is 11.6 Å². The Morgan fingerprint density at radius 1 is 1.29 bits per heavy atom. The highest BCUT2D eigenvalue weighted by atomic mass is 35.5. The third-order valence-corrected chi connectivity index (χ3v) is 2.25. The number of aliphatic hydroxyl groups is 2. The molecule has 0 saturated heterocycles. The van der Waals surface area contributed by atoms with Crippen molar-refractivity contribution in [1.29, 1.82) is 0 Å². The lowest BCUT2D eigenvalue weighted by molar-refractivity contribution is 0.0327. The Labute approximate surface area is 86.9 Å². The van der Waals surface area contributed by atoms with Gasteiger partial charge in [0, 0.05) is 5.56 Å². The maximum absolute atomic E-state index is 10.3. The molecule has 2 atom stereocenters. The molecule has 0 aliphatic rings. The Bertz CT molecular complexity index is 297. The van der Waals surface area contributed by atoms with Gasteiger partial charge in [0.15, 0.2) is 0 Å². The molecule has 2 unspecified atom stereocenters. The van der Waals surface area contributed by atoms with Crippen LogP contribution in [0.2, 0.25) is 0 Å². The van der Waals surface area contributed by atoms with Crippen LogP contribution in [0, 0.1) is 0 Å². The fraction of sp³-hybridized carbons (Fsp3) is 0.300. The van der Waals surface area contributed by atoms with Crippen molar-refractivity contribution < 1.29 is 15.0 Å². The minimum atomic E-state index is -1.01. The standard InChI is InChI=1S/C10H11ClO3/c11-5-9(13)10(14)8-3-1-7(6-12)2-4-8/h1-4,6,9-10,13-14H,5H2. The first-order valence-corrected chi connectivity index (χ1v) is 4.69. The molecular weight excluding hydrogens is 204 g/mol. The van der Waals surface area contributed by atoms with Gasteiger partial charge in [0.25, 0.3) is 0 Å². The lowest BCUT2D eigenvalue weighted by Gasteiger charge is -2.15. The van der Waals surface area contributed by atoms with E-state index in [2.05, 4.69) is 0 Å². The first-order valence-electron chi connectivity index (χ1n) is 4.16. The summed E-state index contributed by atoms with van der Waals surface area (Å²) < 4.78 is 0. The van der Waals surface area contributed by atoms with E-state index in [1.54, 1.807) is 24.3 Å². The number of rotatable bonds is 4. The summed E-state index contributed by atoms with van der Waals surface area (Å²) in [6.45, 7) is 0. The molecule has 0 heterocycles. The van der Waals surface area contributed by atoms with Crippen molar-refractivity contribution >= 4 is 17.9 Å². The number of aldehydes is 1. The first-order chi connectivity index (χ1) is 6.69. The summed E-state index contributed by atoms with van der Waals surface area (Å²) in [6, 6.07) is 6.33. The summed E-state index contributed by atoms with van der Waals surface area (Å²) in [6.07, 6.45) is -1.28. The molecule has 0 amide bonds. The third kappa shape index (κ3) is 2.54. The molecule has 76 valence electrons. The highest BCUT2D eigenvalue weighted by Gasteiger charge is 2.16. The van der Waals surface area contributed by atoms with Gasteiger partial charge in [0.05, 0.1) is 12.0 Å². The Kier molecular flexibility index (Phi) is 4.07. The molecule has 0 aromatic heterocycles. The van der Waals surface area contributed by atoms with Crippen LogP contribution in [-0.2, 0) is 0 Å². The molecule has 4 heteroatoms.